The van der Waals surface area contributed by atoms with E-state index in [-0.39, 0.29) is 50.6 Å². The fourth-order valence-electron chi connectivity index (χ4n) is 7.32. The van der Waals surface area contributed by atoms with Gasteiger partial charge >= 0.3 is 5.97 Å². The average Bonchev–Trinajstić information content (AvgIpc) is 3.27. The molecular weight excluding hydrogens is 847 g/mol. The summed E-state index contributed by atoms with van der Waals surface area (Å²) >= 11 is 0. The number of amides is 6. The van der Waals surface area contributed by atoms with Crippen molar-refractivity contribution in [1.29, 1.82) is 0 Å². The topological polar surface area (TPSA) is 277 Å². The zero-order valence-corrected chi connectivity index (χ0v) is 39.2. The van der Waals surface area contributed by atoms with E-state index < -0.39 is 71.6 Å². The molecule has 19 heteroatoms. The minimum Gasteiger partial charge on any atom is -0.480 e. The fourth-order valence-corrected chi connectivity index (χ4v) is 7.32. The summed E-state index contributed by atoms with van der Waals surface area (Å²) in [4.78, 5) is 96.3. The number of carboxylic acid groups (broad SMARTS) is 1. The van der Waals surface area contributed by atoms with Crippen LogP contribution in [0.15, 0.2) is 60.7 Å². The van der Waals surface area contributed by atoms with Crippen molar-refractivity contribution >= 4 is 41.4 Å². The molecule has 0 saturated carbocycles. The van der Waals surface area contributed by atoms with Gasteiger partial charge in [0.2, 0.25) is 35.4 Å². The van der Waals surface area contributed by atoms with Gasteiger partial charge in [0.25, 0.3) is 0 Å². The van der Waals surface area contributed by atoms with Crippen LogP contribution in [-0.4, -0.2) is 154 Å². The van der Waals surface area contributed by atoms with Crippen molar-refractivity contribution < 1.29 is 38.7 Å². The van der Waals surface area contributed by atoms with Crippen molar-refractivity contribution in [3.05, 3.63) is 71.8 Å². The molecule has 19 nitrogen and oxygen atoms in total. The van der Waals surface area contributed by atoms with Gasteiger partial charge in [-0.15, -0.1) is 0 Å². The number of benzene rings is 2. The van der Waals surface area contributed by atoms with Gasteiger partial charge in [-0.3, -0.25) is 33.7 Å². The number of aliphatic carboxylic acids is 1. The minimum absolute atomic E-state index is 0.0175. The Bertz CT molecular complexity index is 1790. The Morgan fingerprint density at radius 3 is 1.64 bits per heavy atom. The molecule has 0 aromatic heterocycles. The highest BCUT2D eigenvalue weighted by atomic mass is 16.4. The summed E-state index contributed by atoms with van der Waals surface area (Å²) in [5.74, 6) is -5.37. The zero-order chi connectivity index (χ0) is 48.3. The van der Waals surface area contributed by atoms with E-state index in [1.807, 2.05) is 24.8 Å². The Morgan fingerprint density at radius 1 is 0.606 bits per heavy atom. The number of unbranched alkanes of at least 4 members (excludes halogenated alkanes) is 1. The summed E-state index contributed by atoms with van der Waals surface area (Å²) in [5.41, 5.74) is 7.15. The summed E-state index contributed by atoms with van der Waals surface area (Å²) in [5, 5.41) is 36.4. The summed E-state index contributed by atoms with van der Waals surface area (Å²) in [6, 6.07) is 12.0. The van der Waals surface area contributed by atoms with E-state index in [0.29, 0.717) is 56.7 Å². The molecule has 0 unspecified atom stereocenters. The van der Waals surface area contributed by atoms with Crippen molar-refractivity contribution in [2.24, 2.45) is 17.6 Å². The summed E-state index contributed by atoms with van der Waals surface area (Å²) < 4.78 is 0. The third-order valence-electron chi connectivity index (χ3n) is 11.0. The maximum absolute atomic E-state index is 14.1. The van der Waals surface area contributed by atoms with E-state index in [2.05, 4.69) is 47.9 Å². The molecular formula is C47H75N11O8. The number of hydrogen-bond donors (Lipinski definition) is 11. The predicted molar refractivity (Wildman–Crippen MR) is 253 cm³/mol. The molecule has 1 heterocycles. The molecule has 366 valence electrons. The second-order valence-corrected chi connectivity index (χ2v) is 17.5. The molecule has 1 aliphatic heterocycles. The molecule has 2 aromatic carbocycles. The Morgan fingerprint density at radius 2 is 1.11 bits per heavy atom. The summed E-state index contributed by atoms with van der Waals surface area (Å²) in [6.07, 6.45) is 1.55. The van der Waals surface area contributed by atoms with Crippen molar-refractivity contribution in [2.75, 3.05) is 72.0 Å². The van der Waals surface area contributed by atoms with Crippen molar-refractivity contribution in [3.63, 3.8) is 0 Å². The minimum atomic E-state index is -1.28. The zero-order valence-electron chi connectivity index (χ0n) is 39.2. The largest absolute Gasteiger partial charge is 0.480 e. The fraction of sp³-hybridized carbons (Fsp3) is 0.596. The van der Waals surface area contributed by atoms with Gasteiger partial charge in [0.1, 0.15) is 30.2 Å². The van der Waals surface area contributed by atoms with Gasteiger partial charge in [0, 0.05) is 65.2 Å². The molecule has 1 saturated heterocycles. The lowest BCUT2D eigenvalue weighted by atomic mass is 9.98. The monoisotopic (exact) mass is 922 g/mol. The van der Waals surface area contributed by atoms with Crippen LogP contribution in [0.4, 0.5) is 0 Å². The number of nitrogens with zero attached hydrogens (tertiary/aromatic N) is 1. The molecule has 0 bridgehead atoms. The number of carboxylic acids is 1. The molecule has 0 radical (unpaired) electrons. The van der Waals surface area contributed by atoms with Crippen LogP contribution in [0.3, 0.4) is 0 Å². The first-order valence-electron chi connectivity index (χ1n) is 23.3. The van der Waals surface area contributed by atoms with Crippen molar-refractivity contribution in [2.45, 2.75) is 96.4 Å². The number of rotatable bonds is 25. The quantitative estimate of drug-likeness (QED) is 0.0535. The number of hydrogen-bond acceptors (Lipinski definition) is 12. The molecule has 3 rings (SSSR count). The highest BCUT2D eigenvalue weighted by Gasteiger charge is 2.34. The molecule has 2 aromatic rings. The van der Waals surface area contributed by atoms with E-state index in [9.17, 15) is 38.7 Å². The van der Waals surface area contributed by atoms with E-state index in [1.165, 1.54) is 0 Å². The molecule has 12 N–H and O–H groups in total. The molecule has 0 aliphatic carbocycles. The van der Waals surface area contributed by atoms with Crippen LogP contribution in [0.2, 0.25) is 0 Å². The van der Waals surface area contributed by atoms with Gasteiger partial charge in [-0.2, -0.15) is 0 Å². The second kappa shape index (κ2) is 30.7. The molecule has 5 atom stereocenters. The first-order valence-corrected chi connectivity index (χ1v) is 23.3. The van der Waals surface area contributed by atoms with Crippen LogP contribution in [0.1, 0.15) is 64.5 Å². The van der Waals surface area contributed by atoms with Crippen LogP contribution < -0.4 is 53.6 Å². The number of nitrogens with two attached hydrogens (primary N) is 1. The van der Waals surface area contributed by atoms with E-state index in [0.717, 1.165) is 26.2 Å². The van der Waals surface area contributed by atoms with Crippen molar-refractivity contribution in [3.8, 4) is 0 Å². The number of carbonyl (C=O) groups excluding carboxylic acids is 6. The van der Waals surface area contributed by atoms with Gasteiger partial charge in [-0.1, -0.05) is 88.4 Å². The Balaban J connectivity index is 1.70. The third kappa shape index (κ3) is 21.7. The Labute approximate surface area is 389 Å². The summed E-state index contributed by atoms with van der Waals surface area (Å²) in [7, 11) is 0. The lowest BCUT2D eigenvalue weighted by molar-refractivity contribution is -0.142. The molecule has 1 fully saturated rings. The lowest BCUT2D eigenvalue weighted by Crippen LogP contribution is -2.60. The Hall–Kier alpha value is -5.47. The van der Waals surface area contributed by atoms with Crippen molar-refractivity contribution in [1.82, 2.24) is 52.8 Å². The molecule has 66 heavy (non-hydrogen) atoms. The SMILES string of the molecule is CC(C)C[C@H](NC(=O)[C@H](CCCCN)NC(=O)CNC(=O)CN1CCNCCNCCNCC1)C(=O)N[C@H](C(=O)N[C@@H](Cc1ccccc1)C(=O)N[C@@H](Cc1ccccc1)C(=O)O)C(C)C. The summed E-state index contributed by atoms with van der Waals surface area (Å²) in [6.45, 7) is 13.3. The first kappa shape index (κ1) is 54.9. The third-order valence-corrected chi connectivity index (χ3v) is 11.0. The van der Waals surface area contributed by atoms with Crippen LogP contribution in [0.5, 0.6) is 0 Å². The maximum Gasteiger partial charge on any atom is 0.326 e. The molecule has 0 spiro atoms. The van der Waals surface area contributed by atoms with E-state index in [4.69, 9.17) is 5.73 Å². The smallest absolute Gasteiger partial charge is 0.326 e. The van der Waals surface area contributed by atoms with Gasteiger partial charge in [0.05, 0.1) is 13.1 Å². The van der Waals surface area contributed by atoms with Crippen LogP contribution in [0, 0.1) is 11.8 Å². The maximum atomic E-state index is 14.1. The first-order chi connectivity index (χ1) is 31.7. The van der Waals surface area contributed by atoms with Crippen LogP contribution >= 0.6 is 0 Å². The normalized spacial score (nSPS) is 16.2. The highest BCUT2D eigenvalue weighted by Crippen LogP contribution is 2.12. The highest BCUT2D eigenvalue weighted by molar-refractivity contribution is 5.96. The standard InChI is InChI=1S/C47H75N11O8/c1-32(2)27-37(54-43(61)36(17-11-12-18-48)53-40(59)30-52-41(60)31-58-25-23-50-21-19-49-20-22-51-24-26-58)45(63)57-42(33(3)4)46(64)55-38(28-34-13-7-5-8-14-34)44(62)56-39(47(65)66)29-35-15-9-6-10-16-35/h5-10,13-16,32-33,36-39,42,49-51H,11-12,17-31,48H2,1-4H3,(H,52,60)(H,53,59)(H,54,61)(H,55,64)(H,56,62)(H,57,63)(H,65,66)/t36-,37-,38-,39-,42-/m0/s1. The van der Waals surface area contributed by atoms with Crippen LogP contribution in [0.25, 0.3) is 0 Å². The number of nitrogens with one attached hydrogen (secondary N) is 9. The van der Waals surface area contributed by atoms with E-state index in [1.54, 1.807) is 68.4 Å². The van der Waals surface area contributed by atoms with Gasteiger partial charge in [0.15, 0.2) is 0 Å². The van der Waals surface area contributed by atoms with Gasteiger partial charge < -0.3 is 58.7 Å². The van der Waals surface area contributed by atoms with Gasteiger partial charge in [-0.05, 0) is 55.2 Å². The molecule has 6 amide bonds. The molecule has 1 aliphatic rings. The second-order valence-electron chi connectivity index (χ2n) is 17.5. The Kier molecular flexibility index (Phi) is 25.5. The van der Waals surface area contributed by atoms with Crippen LogP contribution in [-0.2, 0) is 46.4 Å². The number of carbonyl (C=O) groups is 7. The predicted octanol–water partition coefficient (Wildman–Crippen LogP) is -0.988. The van der Waals surface area contributed by atoms with E-state index >= 15 is 0 Å². The lowest BCUT2D eigenvalue weighted by Gasteiger charge is -2.29. The average molecular weight is 922 g/mol. The van der Waals surface area contributed by atoms with Gasteiger partial charge in [-0.25, -0.2) is 4.79 Å².